The highest BCUT2D eigenvalue weighted by atomic mass is 16.5. The van der Waals surface area contributed by atoms with E-state index in [1.54, 1.807) is 7.11 Å². The van der Waals surface area contributed by atoms with Gasteiger partial charge in [-0.1, -0.05) is 12.1 Å². The van der Waals surface area contributed by atoms with E-state index >= 15 is 0 Å². The molecule has 1 spiro atoms. The molecule has 1 aromatic rings. The number of nitrogens with zero attached hydrogens (tertiary/aromatic N) is 1. The summed E-state index contributed by atoms with van der Waals surface area (Å²) in [6.45, 7) is 3.79. The van der Waals surface area contributed by atoms with Crippen LogP contribution in [0.1, 0.15) is 31.5 Å². The molecule has 1 atom stereocenters. The fraction of sp³-hybridized carbons (Fsp3) is 0.562. The molecule has 5 nitrogen and oxygen atoms in total. The van der Waals surface area contributed by atoms with Gasteiger partial charge in [0.2, 0.25) is 5.91 Å². The Morgan fingerprint density at radius 2 is 2.05 bits per heavy atom. The Morgan fingerprint density at radius 3 is 2.62 bits per heavy atom. The van der Waals surface area contributed by atoms with Gasteiger partial charge < -0.3 is 14.4 Å². The third kappa shape index (κ3) is 2.63. The van der Waals surface area contributed by atoms with Crippen LogP contribution in [-0.2, 0) is 9.53 Å². The molecule has 2 fully saturated rings. The summed E-state index contributed by atoms with van der Waals surface area (Å²) in [5.41, 5.74) is 0.781. The van der Waals surface area contributed by atoms with E-state index in [0.717, 1.165) is 24.2 Å². The Kier molecular flexibility index (Phi) is 3.87. The van der Waals surface area contributed by atoms with Crippen molar-refractivity contribution in [2.45, 2.75) is 31.5 Å². The van der Waals surface area contributed by atoms with Gasteiger partial charge in [0.15, 0.2) is 0 Å². The minimum Gasteiger partial charge on any atom is -0.494 e. The SMILES string of the molecule is CCOc1ccc(C2NC3(CC3)C(=O)N2CCOC)cc1. The summed E-state index contributed by atoms with van der Waals surface area (Å²) in [6, 6.07) is 7.96. The van der Waals surface area contributed by atoms with E-state index in [2.05, 4.69) is 5.32 Å². The maximum Gasteiger partial charge on any atom is 0.244 e. The van der Waals surface area contributed by atoms with Crippen LogP contribution in [0.25, 0.3) is 0 Å². The van der Waals surface area contributed by atoms with Gasteiger partial charge in [0.25, 0.3) is 0 Å². The first-order valence-electron chi connectivity index (χ1n) is 7.50. The zero-order valence-electron chi connectivity index (χ0n) is 12.6. The summed E-state index contributed by atoms with van der Waals surface area (Å²) in [4.78, 5) is 14.4. The lowest BCUT2D eigenvalue weighted by atomic mass is 10.1. The van der Waals surface area contributed by atoms with Crippen molar-refractivity contribution in [1.82, 2.24) is 10.2 Å². The van der Waals surface area contributed by atoms with Crippen LogP contribution in [0.4, 0.5) is 0 Å². The molecular formula is C16H22N2O3. The summed E-state index contributed by atoms with van der Waals surface area (Å²) in [5.74, 6) is 1.06. The predicted molar refractivity (Wildman–Crippen MR) is 79.0 cm³/mol. The molecule has 1 aliphatic carbocycles. The Morgan fingerprint density at radius 1 is 1.33 bits per heavy atom. The third-order valence-electron chi connectivity index (χ3n) is 4.19. The molecule has 5 heteroatoms. The van der Waals surface area contributed by atoms with Gasteiger partial charge in [-0.3, -0.25) is 10.1 Å². The van der Waals surface area contributed by atoms with Gasteiger partial charge in [0.1, 0.15) is 17.5 Å². The highest BCUT2D eigenvalue weighted by Crippen LogP contribution is 2.45. The molecule has 0 radical (unpaired) electrons. The van der Waals surface area contributed by atoms with E-state index in [-0.39, 0.29) is 17.6 Å². The number of amides is 1. The van der Waals surface area contributed by atoms with E-state index in [4.69, 9.17) is 9.47 Å². The lowest BCUT2D eigenvalue weighted by Crippen LogP contribution is -2.34. The van der Waals surface area contributed by atoms with E-state index < -0.39 is 0 Å². The number of benzene rings is 1. The molecule has 1 N–H and O–H groups in total. The smallest absolute Gasteiger partial charge is 0.244 e. The van der Waals surface area contributed by atoms with Gasteiger partial charge >= 0.3 is 0 Å². The molecular weight excluding hydrogens is 268 g/mol. The minimum atomic E-state index is -0.309. The van der Waals surface area contributed by atoms with E-state index in [1.165, 1.54) is 0 Å². The molecule has 21 heavy (non-hydrogen) atoms. The zero-order chi connectivity index (χ0) is 14.9. The van der Waals surface area contributed by atoms with Gasteiger partial charge in [0.05, 0.1) is 13.2 Å². The Hall–Kier alpha value is -1.59. The first-order valence-corrected chi connectivity index (χ1v) is 7.50. The molecule has 1 saturated heterocycles. The fourth-order valence-electron chi connectivity index (χ4n) is 2.87. The second-order valence-electron chi connectivity index (χ2n) is 5.62. The number of rotatable bonds is 6. The van der Waals surface area contributed by atoms with E-state index in [1.807, 2.05) is 36.1 Å². The number of carbonyl (C=O) groups excluding carboxylic acids is 1. The van der Waals surface area contributed by atoms with Crippen LogP contribution < -0.4 is 10.1 Å². The number of hydrogen-bond donors (Lipinski definition) is 1. The first kappa shape index (κ1) is 14.4. The summed E-state index contributed by atoms with van der Waals surface area (Å²) >= 11 is 0. The topological polar surface area (TPSA) is 50.8 Å². The fourth-order valence-corrected chi connectivity index (χ4v) is 2.87. The van der Waals surface area contributed by atoms with Crippen molar-refractivity contribution < 1.29 is 14.3 Å². The molecule has 0 bridgehead atoms. The second kappa shape index (κ2) is 5.66. The van der Waals surface area contributed by atoms with Gasteiger partial charge in [-0.2, -0.15) is 0 Å². The molecule has 0 aromatic heterocycles. The van der Waals surface area contributed by atoms with Crippen molar-refractivity contribution in [2.75, 3.05) is 26.9 Å². The van der Waals surface area contributed by atoms with Crippen LogP contribution in [0.15, 0.2) is 24.3 Å². The van der Waals surface area contributed by atoms with Crippen LogP contribution in [0.2, 0.25) is 0 Å². The first-order chi connectivity index (χ1) is 10.2. The van der Waals surface area contributed by atoms with Crippen LogP contribution in [0.5, 0.6) is 5.75 Å². The van der Waals surface area contributed by atoms with Crippen molar-refractivity contribution in [2.24, 2.45) is 0 Å². The van der Waals surface area contributed by atoms with Crippen LogP contribution in [0.3, 0.4) is 0 Å². The summed E-state index contributed by atoms with van der Waals surface area (Å²) in [5, 5.41) is 3.50. The van der Waals surface area contributed by atoms with Crippen LogP contribution >= 0.6 is 0 Å². The molecule has 114 valence electrons. The molecule has 2 aliphatic rings. The van der Waals surface area contributed by atoms with Crippen molar-refractivity contribution in [3.05, 3.63) is 29.8 Å². The van der Waals surface area contributed by atoms with Crippen LogP contribution in [0, 0.1) is 0 Å². The maximum absolute atomic E-state index is 12.5. The van der Waals surface area contributed by atoms with Crippen molar-refractivity contribution in [3.8, 4) is 5.75 Å². The van der Waals surface area contributed by atoms with E-state index in [0.29, 0.717) is 19.8 Å². The van der Waals surface area contributed by atoms with Gasteiger partial charge in [-0.25, -0.2) is 0 Å². The third-order valence-corrected chi connectivity index (χ3v) is 4.19. The number of hydrogen-bond acceptors (Lipinski definition) is 4. The molecule has 1 aliphatic heterocycles. The standard InChI is InChI=1S/C16H22N2O3/c1-3-21-13-6-4-12(5-7-13)14-17-16(8-9-16)15(19)18(14)10-11-20-2/h4-7,14,17H,3,8-11H2,1-2H3. The van der Waals surface area contributed by atoms with Crippen molar-refractivity contribution in [1.29, 1.82) is 0 Å². The lowest BCUT2D eigenvalue weighted by Gasteiger charge is -2.24. The Labute approximate surface area is 125 Å². The van der Waals surface area contributed by atoms with E-state index in [9.17, 15) is 4.79 Å². The Balaban J connectivity index is 1.79. The predicted octanol–water partition coefficient (Wildman–Crippen LogP) is 1.69. The lowest BCUT2D eigenvalue weighted by molar-refractivity contribution is -0.131. The molecule has 1 saturated carbocycles. The monoisotopic (exact) mass is 290 g/mol. The quantitative estimate of drug-likeness (QED) is 0.866. The maximum atomic E-state index is 12.5. The van der Waals surface area contributed by atoms with Crippen molar-refractivity contribution in [3.63, 3.8) is 0 Å². The second-order valence-corrected chi connectivity index (χ2v) is 5.62. The largest absolute Gasteiger partial charge is 0.494 e. The van der Waals surface area contributed by atoms with Gasteiger partial charge in [-0.05, 0) is 37.5 Å². The number of ether oxygens (including phenoxy) is 2. The molecule has 1 heterocycles. The summed E-state index contributed by atoms with van der Waals surface area (Å²) in [7, 11) is 1.66. The van der Waals surface area contributed by atoms with Gasteiger partial charge in [0, 0.05) is 13.7 Å². The van der Waals surface area contributed by atoms with Crippen LogP contribution in [-0.4, -0.2) is 43.2 Å². The summed E-state index contributed by atoms with van der Waals surface area (Å²) in [6.07, 6.45) is 1.80. The molecule has 1 unspecified atom stereocenters. The highest BCUT2D eigenvalue weighted by Gasteiger charge is 2.59. The molecule has 3 rings (SSSR count). The van der Waals surface area contributed by atoms with Crippen molar-refractivity contribution >= 4 is 5.91 Å². The molecule has 1 aromatic carbocycles. The highest BCUT2D eigenvalue weighted by molar-refractivity contribution is 5.92. The molecule has 1 amide bonds. The summed E-state index contributed by atoms with van der Waals surface area (Å²) < 4.78 is 10.6. The number of carbonyl (C=O) groups is 1. The Bertz CT molecular complexity index is 511. The minimum absolute atomic E-state index is 0.0640. The van der Waals surface area contributed by atoms with Gasteiger partial charge in [-0.15, -0.1) is 0 Å². The number of nitrogens with one attached hydrogen (secondary N) is 1. The zero-order valence-corrected chi connectivity index (χ0v) is 12.6. The normalized spacial score (nSPS) is 22.9. The average Bonchev–Trinajstić information content (AvgIpc) is 3.22. The average molecular weight is 290 g/mol. The number of methoxy groups -OCH3 is 1.